The lowest BCUT2D eigenvalue weighted by atomic mass is 10.0. The molecule has 4 aromatic rings. The number of carbonyl (C=O) groups is 1. The number of nitrogens with zero attached hydrogens (tertiary/aromatic N) is 5. The van der Waals surface area contributed by atoms with Gasteiger partial charge in [0.15, 0.2) is 0 Å². The molecular formula is C28H29F3N6O2. The number of methoxy groups -OCH3 is 1. The molecule has 0 bridgehead atoms. The van der Waals surface area contributed by atoms with E-state index in [1.807, 2.05) is 43.3 Å². The molecule has 1 N–H and O–H groups in total. The normalized spacial score (nSPS) is 14.6. The van der Waals surface area contributed by atoms with Crippen molar-refractivity contribution in [1.29, 1.82) is 0 Å². The number of alkyl halides is 3. The van der Waals surface area contributed by atoms with E-state index in [0.29, 0.717) is 44.9 Å². The van der Waals surface area contributed by atoms with Crippen molar-refractivity contribution in [3.63, 3.8) is 0 Å². The van der Waals surface area contributed by atoms with Crippen LogP contribution in [0.5, 0.6) is 5.75 Å². The number of fused-ring (bicyclic) bond motifs is 1. The highest BCUT2D eigenvalue weighted by atomic mass is 19.4. The van der Waals surface area contributed by atoms with Gasteiger partial charge >= 0.3 is 6.18 Å². The zero-order valence-corrected chi connectivity index (χ0v) is 21.8. The van der Waals surface area contributed by atoms with E-state index in [2.05, 4.69) is 19.9 Å². The molecule has 1 aliphatic heterocycles. The van der Waals surface area contributed by atoms with Gasteiger partial charge < -0.3 is 14.6 Å². The number of carbonyl (C=O) groups excluding carboxylic acids is 1. The number of amides is 1. The van der Waals surface area contributed by atoms with Crippen LogP contribution in [-0.4, -0.2) is 75.1 Å². The number of hydrogen-bond donors (Lipinski definition) is 1. The van der Waals surface area contributed by atoms with Crippen LogP contribution in [0.3, 0.4) is 0 Å². The van der Waals surface area contributed by atoms with Gasteiger partial charge in [0.05, 0.1) is 24.3 Å². The molecule has 204 valence electrons. The Labute approximate surface area is 223 Å². The van der Waals surface area contributed by atoms with Gasteiger partial charge in [0.1, 0.15) is 18.0 Å². The highest BCUT2D eigenvalue weighted by Crippen LogP contribution is 2.31. The Kier molecular flexibility index (Phi) is 7.51. The monoisotopic (exact) mass is 538 g/mol. The standard InChI is InChI=1S/C28H29F3N6O2/c1-18-11-22(25(39-2)16-33-18)20-3-4-23-24(13-20)35-26(34-23)14-21-12-19(5-6-32-21)17-36-7-9-37(10-8-36)27(38)15-28(29,30)31/h3-6,11-13,16H,7-10,14-15,17H2,1-2H3,(H,34,35). The largest absolute Gasteiger partial charge is 0.494 e. The molecule has 5 rings (SSSR count). The van der Waals surface area contributed by atoms with E-state index in [1.165, 1.54) is 4.90 Å². The third kappa shape index (κ3) is 6.54. The molecule has 0 unspecified atom stereocenters. The number of halogens is 3. The molecule has 3 aromatic heterocycles. The molecule has 1 aromatic carbocycles. The SMILES string of the molecule is COc1cnc(C)cc1-c1ccc2nc(Cc3cc(CN4CCN(C(=O)CC(F)(F)F)CC4)ccn3)[nH]c2c1. The van der Waals surface area contributed by atoms with Crippen LogP contribution in [0.15, 0.2) is 48.8 Å². The first-order valence-electron chi connectivity index (χ1n) is 12.7. The summed E-state index contributed by atoms with van der Waals surface area (Å²) in [5.41, 5.74) is 6.54. The maximum Gasteiger partial charge on any atom is 0.397 e. The molecule has 1 amide bonds. The maximum absolute atomic E-state index is 12.5. The maximum atomic E-state index is 12.5. The number of imidazole rings is 1. The smallest absolute Gasteiger partial charge is 0.397 e. The third-order valence-corrected chi connectivity index (χ3v) is 6.78. The zero-order valence-electron chi connectivity index (χ0n) is 21.8. The van der Waals surface area contributed by atoms with Gasteiger partial charge in [-0.25, -0.2) is 4.98 Å². The van der Waals surface area contributed by atoms with Crippen molar-refractivity contribution in [2.45, 2.75) is 32.5 Å². The van der Waals surface area contributed by atoms with Crippen molar-refractivity contribution in [2.24, 2.45) is 0 Å². The molecule has 0 atom stereocenters. The average molecular weight is 539 g/mol. The minimum atomic E-state index is -4.48. The van der Waals surface area contributed by atoms with Gasteiger partial charge in [-0.1, -0.05) is 6.07 Å². The molecule has 0 spiro atoms. The lowest BCUT2D eigenvalue weighted by molar-refractivity contribution is -0.162. The van der Waals surface area contributed by atoms with Crippen molar-refractivity contribution in [3.05, 3.63) is 71.6 Å². The van der Waals surface area contributed by atoms with Crippen molar-refractivity contribution in [1.82, 2.24) is 29.7 Å². The fourth-order valence-corrected chi connectivity index (χ4v) is 4.84. The lowest BCUT2D eigenvalue weighted by Crippen LogP contribution is -2.49. The van der Waals surface area contributed by atoms with Crippen LogP contribution in [0.2, 0.25) is 0 Å². The molecule has 1 fully saturated rings. The summed E-state index contributed by atoms with van der Waals surface area (Å²) in [6.45, 7) is 4.20. The molecule has 1 aliphatic rings. The predicted octanol–water partition coefficient (Wildman–Crippen LogP) is 4.52. The van der Waals surface area contributed by atoms with Gasteiger partial charge in [0.25, 0.3) is 0 Å². The summed E-state index contributed by atoms with van der Waals surface area (Å²) in [4.78, 5) is 32.2. The van der Waals surface area contributed by atoms with Gasteiger partial charge in [-0.15, -0.1) is 0 Å². The Morgan fingerprint density at radius 3 is 2.62 bits per heavy atom. The van der Waals surface area contributed by atoms with Crippen LogP contribution in [0.1, 0.15) is 29.2 Å². The third-order valence-electron chi connectivity index (χ3n) is 6.78. The number of nitrogens with one attached hydrogen (secondary N) is 1. The number of pyridine rings is 2. The summed E-state index contributed by atoms with van der Waals surface area (Å²) in [5, 5.41) is 0. The molecule has 8 nitrogen and oxygen atoms in total. The van der Waals surface area contributed by atoms with Gasteiger partial charge in [0.2, 0.25) is 5.91 Å². The van der Waals surface area contributed by atoms with Crippen LogP contribution in [0.4, 0.5) is 13.2 Å². The number of aromatic nitrogens is 4. The zero-order chi connectivity index (χ0) is 27.6. The van der Waals surface area contributed by atoms with Crippen molar-refractivity contribution in [2.75, 3.05) is 33.3 Å². The van der Waals surface area contributed by atoms with Crippen LogP contribution < -0.4 is 4.74 Å². The second-order valence-corrected chi connectivity index (χ2v) is 9.72. The Morgan fingerprint density at radius 2 is 1.87 bits per heavy atom. The number of H-pyrrole nitrogens is 1. The van der Waals surface area contributed by atoms with Gasteiger partial charge in [-0.3, -0.25) is 19.7 Å². The number of aromatic amines is 1. The highest BCUT2D eigenvalue weighted by molar-refractivity contribution is 5.83. The fraction of sp³-hybridized carbons (Fsp3) is 0.357. The van der Waals surface area contributed by atoms with E-state index < -0.39 is 18.5 Å². The van der Waals surface area contributed by atoms with Crippen molar-refractivity contribution < 1.29 is 22.7 Å². The first-order chi connectivity index (χ1) is 18.7. The molecule has 0 aliphatic carbocycles. The van der Waals surface area contributed by atoms with Gasteiger partial charge in [-0.2, -0.15) is 13.2 Å². The molecule has 39 heavy (non-hydrogen) atoms. The number of benzene rings is 1. The Morgan fingerprint density at radius 1 is 1.08 bits per heavy atom. The van der Waals surface area contributed by atoms with Crippen LogP contribution in [0.25, 0.3) is 22.2 Å². The number of hydrogen-bond acceptors (Lipinski definition) is 6. The van der Waals surface area contributed by atoms with Crippen LogP contribution in [-0.2, 0) is 17.8 Å². The van der Waals surface area contributed by atoms with E-state index in [4.69, 9.17) is 9.72 Å². The first-order valence-corrected chi connectivity index (χ1v) is 12.7. The number of rotatable bonds is 7. The summed E-state index contributed by atoms with van der Waals surface area (Å²) < 4.78 is 43.1. The van der Waals surface area contributed by atoms with Crippen molar-refractivity contribution >= 4 is 16.9 Å². The molecule has 0 saturated carbocycles. The van der Waals surface area contributed by atoms with E-state index in [1.54, 1.807) is 19.5 Å². The molecule has 1 saturated heterocycles. The fourth-order valence-electron chi connectivity index (χ4n) is 4.84. The molecule has 11 heteroatoms. The topological polar surface area (TPSA) is 87.2 Å². The summed E-state index contributed by atoms with van der Waals surface area (Å²) >= 11 is 0. The Balaban J connectivity index is 1.23. The summed E-state index contributed by atoms with van der Waals surface area (Å²) in [5.74, 6) is 0.637. The molecule has 4 heterocycles. The predicted molar refractivity (Wildman–Crippen MR) is 140 cm³/mol. The number of aryl methyl sites for hydroxylation is 1. The summed E-state index contributed by atoms with van der Waals surface area (Å²) in [7, 11) is 1.63. The molecular weight excluding hydrogens is 509 g/mol. The number of piperazine rings is 1. The highest BCUT2D eigenvalue weighted by Gasteiger charge is 2.34. The second kappa shape index (κ2) is 11.0. The summed E-state index contributed by atoms with van der Waals surface area (Å²) in [6, 6.07) is 12.0. The van der Waals surface area contributed by atoms with Crippen molar-refractivity contribution in [3.8, 4) is 16.9 Å². The van der Waals surface area contributed by atoms with E-state index >= 15 is 0 Å². The first kappa shape index (κ1) is 26.6. The average Bonchev–Trinajstić information content (AvgIpc) is 3.29. The van der Waals surface area contributed by atoms with Gasteiger partial charge in [0, 0.05) is 62.3 Å². The lowest BCUT2D eigenvalue weighted by Gasteiger charge is -2.35. The quantitative estimate of drug-likeness (QED) is 0.372. The van der Waals surface area contributed by atoms with Crippen LogP contribution >= 0.6 is 0 Å². The van der Waals surface area contributed by atoms with E-state index in [-0.39, 0.29) is 0 Å². The van der Waals surface area contributed by atoms with E-state index in [0.717, 1.165) is 44.9 Å². The summed E-state index contributed by atoms with van der Waals surface area (Å²) in [6.07, 6.45) is -1.88. The Bertz CT molecular complexity index is 1480. The number of ether oxygens (including phenoxy) is 1. The van der Waals surface area contributed by atoms with Crippen LogP contribution in [0, 0.1) is 6.92 Å². The Hall–Kier alpha value is -3.99. The van der Waals surface area contributed by atoms with Gasteiger partial charge in [-0.05, 0) is 48.4 Å². The molecule has 0 radical (unpaired) electrons. The minimum absolute atomic E-state index is 0.290. The second-order valence-electron chi connectivity index (χ2n) is 9.72. The van der Waals surface area contributed by atoms with E-state index in [9.17, 15) is 18.0 Å². The minimum Gasteiger partial charge on any atom is -0.494 e.